The van der Waals surface area contributed by atoms with Crippen LogP contribution in [0.3, 0.4) is 0 Å². The van der Waals surface area contributed by atoms with Gasteiger partial charge in [-0.3, -0.25) is 9.69 Å². The number of benzene rings is 3. The van der Waals surface area contributed by atoms with Crippen molar-refractivity contribution in [1.82, 2.24) is 4.90 Å². The Morgan fingerprint density at radius 2 is 1.91 bits per heavy atom. The molecule has 3 aromatic carbocycles. The Morgan fingerprint density at radius 1 is 1.11 bits per heavy atom. The van der Waals surface area contributed by atoms with Crippen LogP contribution in [0.25, 0.3) is 6.08 Å². The number of hydrogen-bond acceptors (Lipinski definition) is 6. The number of rotatable bonds is 5. The molecule has 0 fully saturated rings. The fourth-order valence-corrected chi connectivity index (χ4v) is 4.63. The summed E-state index contributed by atoms with van der Waals surface area (Å²) in [5.74, 6) is 1.64. The number of halogens is 2. The van der Waals surface area contributed by atoms with Gasteiger partial charge in [0.2, 0.25) is 5.78 Å². The number of carbonyl (C=O) groups is 1. The van der Waals surface area contributed by atoms with Crippen molar-refractivity contribution < 1.29 is 28.1 Å². The molecule has 0 unspecified atom stereocenters. The van der Waals surface area contributed by atoms with E-state index < -0.39 is 5.82 Å². The van der Waals surface area contributed by atoms with Crippen molar-refractivity contribution in [3.8, 4) is 23.0 Å². The molecule has 0 bridgehead atoms. The summed E-state index contributed by atoms with van der Waals surface area (Å²) in [4.78, 5) is 15.2. The lowest BCUT2D eigenvalue weighted by Gasteiger charge is -2.30. The van der Waals surface area contributed by atoms with E-state index in [1.807, 2.05) is 25.1 Å². The summed E-state index contributed by atoms with van der Waals surface area (Å²) < 4.78 is 36.9. The molecular formula is C27H23ClFNO5. The molecule has 0 radical (unpaired) electrons. The van der Waals surface area contributed by atoms with E-state index >= 15 is 0 Å². The molecule has 0 atom stereocenters. The second kappa shape index (κ2) is 9.24. The van der Waals surface area contributed by atoms with Crippen LogP contribution in [0, 0.1) is 12.7 Å². The highest BCUT2D eigenvalue weighted by atomic mass is 35.5. The zero-order chi connectivity index (χ0) is 24.7. The molecule has 2 heterocycles. The van der Waals surface area contributed by atoms with Gasteiger partial charge in [0.15, 0.2) is 17.3 Å². The van der Waals surface area contributed by atoms with Gasteiger partial charge in [-0.15, -0.1) is 0 Å². The van der Waals surface area contributed by atoms with Crippen LogP contribution in [-0.4, -0.2) is 31.6 Å². The summed E-state index contributed by atoms with van der Waals surface area (Å²) in [5, 5.41) is 0.204. The third-order valence-electron chi connectivity index (χ3n) is 6.13. The molecule has 0 spiro atoms. The molecule has 180 valence electrons. The van der Waals surface area contributed by atoms with Crippen LogP contribution < -0.4 is 18.9 Å². The largest absolute Gasteiger partial charge is 0.493 e. The van der Waals surface area contributed by atoms with E-state index in [0.29, 0.717) is 48.4 Å². The van der Waals surface area contributed by atoms with Gasteiger partial charge < -0.3 is 18.9 Å². The molecule has 0 amide bonds. The zero-order valence-corrected chi connectivity index (χ0v) is 20.2. The number of nitrogens with zero attached hydrogens (tertiary/aromatic N) is 1. The highest BCUT2D eigenvalue weighted by Crippen LogP contribution is 2.43. The summed E-state index contributed by atoms with van der Waals surface area (Å²) in [6, 6.07) is 11.9. The molecule has 0 aromatic heterocycles. The second-order valence-electron chi connectivity index (χ2n) is 8.39. The number of carbonyl (C=O) groups excluding carboxylic acids is 1. The Morgan fingerprint density at radius 3 is 2.66 bits per heavy atom. The van der Waals surface area contributed by atoms with Gasteiger partial charge in [0.05, 0.1) is 24.8 Å². The Balaban J connectivity index is 1.41. The summed E-state index contributed by atoms with van der Waals surface area (Å²) in [5.41, 5.74) is 3.20. The third kappa shape index (κ3) is 4.22. The van der Waals surface area contributed by atoms with Crippen molar-refractivity contribution in [2.24, 2.45) is 0 Å². The molecule has 5 rings (SSSR count). The minimum Gasteiger partial charge on any atom is -0.493 e. The van der Waals surface area contributed by atoms with Crippen LogP contribution >= 0.6 is 11.6 Å². The summed E-state index contributed by atoms with van der Waals surface area (Å²) >= 11 is 6.13. The van der Waals surface area contributed by atoms with Gasteiger partial charge in [-0.25, -0.2) is 4.39 Å². The normalized spacial score (nSPS) is 15.9. The van der Waals surface area contributed by atoms with Gasteiger partial charge in [-0.05, 0) is 48.9 Å². The van der Waals surface area contributed by atoms with Gasteiger partial charge in [0.1, 0.15) is 24.0 Å². The number of methoxy groups -OCH3 is 2. The molecule has 35 heavy (non-hydrogen) atoms. The molecular weight excluding hydrogens is 473 g/mol. The van der Waals surface area contributed by atoms with Crippen molar-refractivity contribution in [1.29, 1.82) is 0 Å². The molecule has 2 aliphatic heterocycles. The minimum atomic E-state index is -0.525. The van der Waals surface area contributed by atoms with Crippen molar-refractivity contribution in [3.63, 3.8) is 0 Å². The van der Waals surface area contributed by atoms with Gasteiger partial charge >= 0.3 is 0 Å². The first-order chi connectivity index (χ1) is 16.9. The lowest BCUT2D eigenvalue weighted by molar-refractivity contribution is 0.0876. The first kappa shape index (κ1) is 23.2. The van der Waals surface area contributed by atoms with E-state index in [9.17, 15) is 9.18 Å². The molecule has 8 heteroatoms. The first-order valence-electron chi connectivity index (χ1n) is 11.0. The Labute approximate surface area is 207 Å². The van der Waals surface area contributed by atoms with Gasteiger partial charge in [0.25, 0.3) is 0 Å². The van der Waals surface area contributed by atoms with Crippen LogP contribution in [0.5, 0.6) is 23.0 Å². The maximum absolute atomic E-state index is 14.3. The maximum atomic E-state index is 14.3. The van der Waals surface area contributed by atoms with E-state index in [-0.39, 0.29) is 22.1 Å². The van der Waals surface area contributed by atoms with Crippen LogP contribution in [0.15, 0.2) is 48.2 Å². The SMILES string of the molecule is COc1ccc(CN2COc3c(cc4c(c3C)O/C(=C\c3c(F)cccc3Cl)C4=O)C2)cc1OC. The lowest BCUT2D eigenvalue weighted by Crippen LogP contribution is -2.32. The number of fused-ring (bicyclic) bond motifs is 2. The summed E-state index contributed by atoms with van der Waals surface area (Å²) in [7, 11) is 3.21. The topological polar surface area (TPSA) is 57.2 Å². The zero-order valence-electron chi connectivity index (χ0n) is 19.5. The minimum absolute atomic E-state index is 0.0274. The number of Topliss-reactive ketones (excluding diaryl/α,β-unsaturated/α-hetero) is 1. The van der Waals surface area contributed by atoms with E-state index in [1.165, 1.54) is 18.2 Å². The predicted octanol–water partition coefficient (Wildman–Crippen LogP) is 5.77. The lowest BCUT2D eigenvalue weighted by atomic mass is 9.99. The number of hydrogen-bond donors (Lipinski definition) is 0. The van der Waals surface area contributed by atoms with Gasteiger partial charge in [-0.1, -0.05) is 23.7 Å². The first-order valence-corrected chi connectivity index (χ1v) is 11.4. The van der Waals surface area contributed by atoms with Gasteiger partial charge in [-0.2, -0.15) is 0 Å². The van der Waals surface area contributed by atoms with Crippen molar-refractivity contribution in [3.05, 3.63) is 86.9 Å². The van der Waals surface area contributed by atoms with E-state index in [1.54, 1.807) is 26.4 Å². The molecule has 3 aromatic rings. The van der Waals surface area contributed by atoms with E-state index in [4.69, 9.17) is 30.5 Å². The van der Waals surface area contributed by atoms with Crippen LogP contribution in [0.1, 0.15) is 32.6 Å². The average Bonchev–Trinajstić information content (AvgIpc) is 3.17. The molecule has 0 saturated carbocycles. The second-order valence-corrected chi connectivity index (χ2v) is 8.80. The standard InChI is InChI=1S/C27H23ClFNO5/c1-15-26-17(13-30(14-34-26)12-16-7-8-22(32-2)23(9-16)33-3)10-19-25(31)24(35-27(15)19)11-18-20(28)5-4-6-21(18)29/h4-11H,12-14H2,1-3H3/b24-11-. The molecule has 0 aliphatic carbocycles. The van der Waals surface area contributed by atoms with Crippen molar-refractivity contribution >= 4 is 23.5 Å². The van der Waals surface area contributed by atoms with Crippen molar-refractivity contribution in [2.75, 3.05) is 21.0 Å². The number of ether oxygens (including phenoxy) is 4. The van der Waals surface area contributed by atoms with Crippen molar-refractivity contribution in [2.45, 2.75) is 20.0 Å². The van der Waals surface area contributed by atoms with Gasteiger partial charge in [0, 0.05) is 29.8 Å². The average molecular weight is 496 g/mol. The molecule has 6 nitrogen and oxygen atoms in total. The molecule has 0 saturated heterocycles. The number of allylic oxidation sites excluding steroid dienone is 1. The molecule has 2 aliphatic rings. The maximum Gasteiger partial charge on any atom is 0.231 e. The quantitative estimate of drug-likeness (QED) is 0.419. The summed E-state index contributed by atoms with van der Waals surface area (Å²) in [6.45, 7) is 3.44. The number of ketones is 1. The highest BCUT2D eigenvalue weighted by molar-refractivity contribution is 6.32. The smallest absolute Gasteiger partial charge is 0.231 e. The fourth-order valence-electron chi connectivity index (χ4n) is 4.41. The fraction of sp³-hybridized carbons (Fsp3) is 0.222. The Hall–Kier alpha value is -3.55. The summed E-state index contributed by atoms with van der Waals surface area (Å²) in [6.07, 6.45) is 1.35. The van der Waals surface area contributed by atoms with E-state index in [0.717, 1.165) is 16.7 Å². The third-order valence-corrected chi connectivity index (χ3v) is 6.46. The van der Waals surface area contributed by atoms with Crippen LogP contribution in [0.2, 0.25) is 5.02 Å². The Bertz CT molecular complexity index is 1350. The monoisotopic (exact) mass is 495 g/mol. The predicted molar refractivity (Wildman–Crippen MR) is 130 cm³/mol. The van der Waals surface area contributed by atoms with E-state index in [2.05, 4.69) is 4.90 Å². The Kier molecular flexibility index (Phi) is 6.13. The molecule has 0 N–H and O–H groups in total. The van der Waals surface area contributed by atoms with Crippen LogP contribution in [-0.2, 0) is 13.1 Å². The van der Waals surface area contributed by atoms with Crippen LogP contribution in [0.4, 0.5) is 4.39 Å². The highest BCUT2D eigenvalue weighted by Gasteiger charge is 2.34.